The van der Waals surface area contributed by atoms with Gasteiger partial charge in [0.05, 0.1) is 10.8 Å². The van der Waals surface area contributed by atoms with Gasteiger partial charge in [-0.05, 0) is 50.2 Å². The van der Waals surface area contributed by atoms with Crippen molar-refractivity contribution in [3.8, 4) is 0 Å². The van der Waals surface area contributed by atoms with E-state index in [1.165, 1.54) is 36.1 Å². The first kappa shape index (κ1) is 21.2. The van der Waals surface area contributed by atoms with Crippen LogP contribution in [-0.2, 0) is 17.6 Å². The van der Waals surface area contributed by atoms with Gasteiger partial charge in [0.25, 0.3) is 5.91 Å². The fourth-order valence-electron chi connectivity index (χ4n) is 3.82. The van der Waals surface area contributed by atoms with Gasteiger partial charge in [-0.3, -0.25) is 9.59 Å². The Labute approximate surface area is 166 Å². The SMILES string of the molecule is Cl.NCCNC(=O)C1CCCN(C(=O)c2cc3c(s2)CCCCCC3)C1. The zero-order valence-corrected chi connectivity index (χ0v) is 16.9. The summed E-state index contributed by atoms with van der Waals surface area (Å²) < 4.78 is 0. The summed E-state index contributed by atoms with van der Waals surface area (Å²) in [5.74, 6) is 0.0275. The number of hydrogen-bond donors (Lipinski definition) is 2. The smallest absolute Gasteiger partial charge is 0.263 e. The van der Waals surface area contributed by atoms with E-state index in [1.807, 2.05) is 4.90 Å². The van der Waals surface area contributed by atoms with Gasteiger partial charge < -0.3 is 16.0 Å². The van der Waals surface area contributed by atoms with Gasteiger partial charge in [-0.15, -0.1) is 23.7 Å². The summed E-state index contributed by atoms with van der Waals surface area (Å²) in [6.45, 7) is 2.22. The van der Waals surface area contributed by atoms with E-state index in [-0.39, 0.29) is 30.1 Å². The van der Waals surface area contributed by atoms with E-state index in [1.54, 1.807) is 11.3 Å². The van der Waals surface area contributed by atoms with Crippen molar-refractivity contribution in [2.45, 2.75) is 51.4 Å². The number of thiophene rings is 1. The van der Waals surface area contributed by atoms with E-state index in [0.29, 0.717) is 19.6 Å². The number of carbonyl (C=O) groups is 2. The maximum Gasteiger partial charge on any atom is 0.263 e. The molecule has 146 valence electrons. The molecule has 5 nitrogen and oxygen atoms in total. The highest BCUT2D eigenvalue weighted by atomic mass is 35.5. The molecule has 0 saturated carbocycles. The molecule has 1 aromatic heterocycles. The molecule has 1 aliphatic carbocycles. The number of hydrogen-bond acceptors (Lipinski definition) is 4. The lowest BCUT2D eigenvalue weighted by atomic mass is 9.96. The normalized spacial score (nSPS) is 20.3. The third-order valence-corrected chi connectivity index (χ3v) is 6.46. The lowest BCUT2D eigenvalue weighted by Crippen LogP contribution is -2.46. The quantitative estimate of drug-likeness (QED) is 0.817. The molecule has 1 aliphatic heterocycles. The average molecular weight is 400 g/mol. The summed E-state index contributed by atoms with van der Waals surface area (Å²) in [7, 11) is 0. The summed E-state index contributed by atoms with van der Waals surface area (Å²) in [4.78, 5) is 29.3. The second-order valence-electron chi connectivity index (χ2n) is 7.14. The number of amides is 2. The number of rotatable bonds is 4. The van der Waals surface area contributed by atoms with Crippen LogP contribution in [-0.4, -0.2) is 42.9 Å². The minimum absolute atomic E-state index is 0. The molecule has 2 amide bonds. The van der Waals surface area contributed by atoms with Gasteiger partial charge in [0.1, 0.15) is 0 Å². The van der Waals surface area contributed by atoms with Crippen LogP contribution in [0.3, 0.4) is 0 Å². The van der Waals surface area contributed by atoms with Gasteiger partial charge in [0.15, 0.2) is 0 Å². The van der Waals surface area contributed by atoms with Crippen LogP contribution in [0.1, 0.15) is 58.6 Å². The van der Waals surface area contributed by atoms with Crippen LogP contribution in [0.15, 0.2) is 6.07 Å². The van der Waals surface area contributed by atoms with Gasteiger partial charge in [-0.25, -0.2) is 0 Å². The Kier molecular flexibility index (Phi) is 8.38. The molecule has 1 atom stereocenters. The van der Waals surface area contributed by atoms with E-state index < -0.39 is 0 Å². The van der Waals surface area contributed by atoms with Crippen molar-refractivity contribution in [3.05, 3.63) is 21.4 Å². The lowest BCUT2D eigenvalue weighted by Gasteiger charge is -2.31. The van der Waals surface area contributed by atoms with Crippen LogP contribution in [0.4, 0.5) is 0 Å². The molecule has 0 spiro atoms. The zero-order valence-electron chi connectivity index (χ0n) is 15.3. The standard InChI is InChI=1S/C19H29N3O2S.ClH/c20-9-10-21-18(23)15-7-5-11-22(13-15)19(24)17-12-14-6-3-1-2-4-8-16(14)25-17;/h12,15H,1-11,13,20H2,(H,21,23);1H. The van der Waals surface area contributed by atoms with Crippen LogP contribution >= 0.6 is 23.7 Å². The van der Waals surface area contributed by atoms with Gasteiger partial charge in [0, 0.05) is 31.1 Å². The van der Waals surface area contributed by atoms with Crippen molar-refractivity contribution in [1.29, 1.82) is 0 Å². The molecule has 26 heavy (non-hydrogen) atoms. The Bertz CT molecular complexity index is 594. The largest absolute Gasteiger partial charge is 0.355 e. The fraction of sp³-hybridized carbons (Fsp3) is 0.684. The summed E-state index contributed by atoms with van der Waals surface area (Å²) in [5, 5.41) is 2.86. The molecule has 1 aromatic rings. The first-order valence-corrected chi connectivity index (χ1v) is 10.4. The summed E-state index contributed by atoms with van der Waals surface area (Å²) >= 11 is 1.67. The van der Waals surface area contributed by atoms with Crippen molar-refractivity contribution in [1.82, 2.24) is 10.2 Å². The summed E-state index contributed by atoms with van der Waals surface area (Å²) in [5.41, 5.74) is 6.83. The predicted molar refractivity (Wildman–Crippen MR) is 108 cm³/mol. The number of carbonyl (C=O) groups excluding carboxylic acids is 2. The first-order valence-electron chi connectivity index (χ1n) is 9.57. The molecule has 0 bridgehead atoms. The van der Waals surface area contributed by atoms with Gasteiger partial charge in [0.2, 0.25) is 5.91 Å². The third-order valence-electron chi connectivity index (χ3n) is 5.23. The maximum absolute atomic E-state index is 13.0. The zero-order chi connectivity index (χ0) is 17.6. The number of fused-ring (bicyclic) bond motifs is 1. The number of nitrogens with one attached hydrogen (secondary N) is 1. The summed E-state index contributed by atoms with van der Waals surface area (Å²) in [6, 6.07) is 2.12. The Morgan fingerprint density at radius 3 is 2.73 bits per heavy atom. The van der Waals surface area contributed by atoms with Gasteiger partial charge in [-0.2, -0.15) is 0 Å². The number of nitrogens with zero attached hydrogens (tertiary/aromatic N) is 1. The molecule has 1 unspecified atom stereocenters. The minimum Gasteiger partial charge on any atom is -0.355 e. The number of halogens is 1. The van der Waals surface area contributed by atoms with Crippen LogP contribution < -0.4 is 11.1 Å². The maximum atomic E-state index is 13.0. The van der Waals surface area contributed by atoms with Crippen molar-refractivity contribution in [2.24, 2.45) is 11.7 Å². The molecule has 7 heteroatoms. The highest BCUT2D eigenvalue weighted by molar-refractivity contribution is 7.14. The Balaban J connectivity index is 0.00000243. The molecular formula is C19H30ClN3O2S. The Morgan fingerprint density at radius 1 is 1.19 bits per heavy atom. The second-order valence-corrected chi connectivity index (χ2v) is 8.28. The monoisotopic (exact) mass is 399 g/mol. The van der Waals surface area contributed by atoms with Crippen LogP contribution in [0.2, 0.25) is 0 Å². The number of nitrogens with two attached hydrogens (primary N) is 1. The van der Waals surface area contributed by atoms with Crippen LogP contribution in [0, 0.1) is 5.92 Å². The molecular weight excluding hydrogens is 370 g/mol. The van der Waals surface area contributed by atoms with Crippen LogP contribution in [0.25, 0.3) is 0 Å². The summed E-state index contributed by atoms with van der Waals surface area (Å²) in [6.07, 6.45) is 8.99. The lowest BCUT2D eigenvalue weighted by molar-refractivity contribution is -0.126. The van der Waals surface area contributed by atoms with E-state index in [4.69, 9.17) is 5.73 Å². The molecule has 0 radical (unpaired) electrons. The molecule has 2 heterocycles. The molecule has 3 N–H and O–H groups in total. The fourth-order valence-corrected chi connectivity index (χ4v) is 5.04. The Hall–Kier alpha value is -1.11. The van der Waals surface area contributed by atoms with Crippen molar-refractivity contribution < 1.29 is 9.59 Å². The number of aryl methyl sites for hydroxylation is 2. The minimum atomic E-state index is -0.106. The number of likely N-dealkylation sites (tertiary alicyclic amines) is 1. The van der Waals surface area contributed by atoms with Crippen molar-refractivity contribution >= 4 is 35.6 Å². The Morgan fingerprint density at radius 2 is 1.96 bits per heavy atom. The number of piperidine rings is 1. The molecule has 0 aromatic carbocycles. The molecule has 1 fully saturated rings. The van der Waals surface area contributed by atoms with E-state index in [0.717, 1.165) is 37.1 Å². The molecule has 1 saturated heterocycles. The second kappa shape index (κ2) is 10.3. The van der Waals surface area contributed by atoms with E-state index >= 15 is 0 Å². The van der Waals surface area contributed by atoms with E-state index in [9.17, 15) is 9.59 Å². The van der Waals surface area contributed by atoms with Gasteiger partial charge >= 0.3 is 0 Å². The highest BCUT2D eigenvalue weighted by Crippen LogP contribution is 2.30. The van der Waals surface area contributed by atoms with E-state index in [2.05, 4.69) is 11.4 Å². The van der Waals surface area contributed by atoms with Crippen molar-refractivity contribution in [3.63, 3.8) is 0 Å². The van der Waals surface area contributed by atoms with Crippen molar-refractivity contribution in [2.75, 3.05) is 26.2 Å². The molecule has 3 rings (SSSR count). The topological polar surface area (TPSA) is 75.4 Å². The third kappa shape index (κ3) is 5.21. The first-order chi connectivity index (χ1) is 12.2. The highest BCUT2D eigenvalue weighted by Gasteiger charge is 2.29. The van der Waals surface area contributed by atoms with Gasteiger partial charge in [-0.1, -0.05) is 12.8 Å². The molecule has 2 aliphatic rings. The van der Waals surface area contributed by atoms with Crippen LogP contribution in [0.5, 0.6) is 0 Å². The predicted octanol–water partition coefficient (Wildman–Crippen LogP) is 2.76. The average Bonchev–Trinajstić information content (AvgIpc) is 3.01.